The number of hydrogen-bond donors (Lipinski definition) is 2. The predicted octanol–water partition coefficient (Wildman–Crippen LogP) is 3.61. The number of benzene rings is 1. The van der Waals surface area contributed by atoms with E-state index in [1.54, 1.807) is 35.4 Å². The number of urea groups is 1. The van der Waals surface area contributed by atoms with Crippen LogP contribution in [0.2, 0.25) is 0 Å². The summed E-state index contributed by atoms with van der Waals surface area (Å²) < 4.78 is 13.8. The number of aromatic nitrogens is 1. The number of carbonyl (C=O) groups is 2. The fraction of sp³-hybridized carbons (Fsp3) is 0.320. The van der Waals surface area contributed by atoms with Gasteiger partial charge in [-0.1, -0.05) is 24.3 Å². The highest BCUT2D eigenvalue weighted by atomic mass is 32.1. The second-order valence-electron chi connectivity index (χ2n) is 8.30. The summed E-state index contributed by atoms with van der Waals surface area (Å²) in [6.07, 6.45) is 2.24. The second kappa shape index (κ2) is 12.2. The maximum atomic E-state index is 13.8. The first kappa shape index (κ1) is 25.3. The Balaban J connectivity index is 1.59. The van der Waals surface area contributed by atoms with E-state index in [-0.39, 0.29) is 24.1 Å². The summed E-state index contributed by atoms with van der Waals surface area (Å²) in [4.78, 5) is 33.4. The Labute approximate surface area is 203 Å². The maximum absolute atomic E-state index is 13.8. The van der Waals surface area contributed by atoms with E-state index >= 15 is 0 Å². The lowest BCUT2D eigenvalue weighted by Gasteiger charge is -2.25. The fourth-order valence-corrected chi connectivity index (χ4v) is 4.08. The van der Waals surface area contributed by atoms with Crippen molar-refractivity contribution >= 4 is 28.8 Å². The summed E-state index contributed by atoms with van der Waals surface area (Å²) in [5.74, 6) is -0.379. The molecule has 2 amide bonds. The summed E-state index contributed by atoms with van der Waals surface area (Å²) in [6, 6.07) is 9.81. The van der Waals surface area contributed by atoms with Crippen molar-refractivity contribution in [3.05, 3.63) is 81.6 Å². The molecular formula is C25H30FN5O2S. The predicted molar refractivity (Wildman–Crippen MR) is 133 cm³/mol. The Morgan fingerprint density at radius 3 is 2.53 bits per heavy atom. The third-order valence-electron chi connectivity index (χ3n) is 5.34. The third-order valence-corrected chi connectivity index (χ3v) is 6.15. The number of halogens is 1. The molecule has 3 rings (SSSR count). The Morgan fingerprint density at radius 1 is 1.09 bits per heavy atom. The number of nitrogen functional groups attached to an aromatic ring is 1. The van der Waals surface area contributed by atoms with E-state index in [0.29, 0.717) is 49.5 Å². The lowest BCUT2D eigenvalue weighted by Crippen LogP contribution is -2.43. The van der Waals surface area contributed by atoms with Crippen LogP contribution in [0.1, 0.15) is 27.2 Å². The molecule has 2 aromatic heterocycles. The third kappa shape index (κ3) is 7.36. The highest BCUT2D eigenvalue weighted by Crippen LogP contribution is 2.19. The lowest BCUT2D eigenvalue weighted by molar-refractivity contribution is 0.0988. The number of thiophene rings is 1. The average molecular weight is 484 g/mol. The summed E-state index contributed by atoms with van der Waals surface area (Å²) in [6.45, 7) is 1.87. The molecule has 1 aromatic carbocycles. The molecule has 0 saturated heterocycles. The van der Waals surface area contributed by atoms with E-state index in [4.69, 9.17) is 5.73 Å². The topological polar surface area (TPSA) is 91.6 Å². The Hall–Kier alpha value is -3.30. The molecule has 0 atom stereocenters. The van der Waals surface area contributed by atoms with Crippen LogP contribution in [0.25, 0.3) is 0 Å². The quantitative estimate of drug-likeness (QED) is 0.407. The molecule has 0 aliphatic rings. The average Bonchev–Trinajstić information content (AvgIpc) is 3.22. The largest absolute Gasteiger partial charge is 0.398 e. The number of nitrogens with two attached hydrogens (primary N) is 1. The molecule has 3 N–H and O–H groups in total. The number of hydrogen-bond acceptors (Lipinski definition) is 6. The maximum Gasteiger partial charge on any atom is 0.317 e. The molecule has 0 bridgehead atoms. The number of ketones is 1. The van der Waals surface area contributed by atoms with Crippen LogP contribution in [0.4, 0.5) is 14.9 Å². The van der Waals surface area contributed by atoms with E-state index in [1.165, 1.54) is 17.4 Å². The highest BCUT2D eigenvalue weighted by molar-refractivity contribution is 7.08. The molecule has 0 aliphatic heterocycles. The van der Waals surface area contributed by atoms with Crippen molar-refractivity contribution in [2.45, 2.75) is 19.4 Å². The van der Waals surface area contributed by atoms with Crippen LogP contribution in [0, 0.1) is 5.82 Å². The molecule has 0 radical (unpaired) electrons. The molecule has 0 saturated carbocycles. The number of amides is 2. The normalized spacial score (nSPS) is 10.9. The van der Waals surface area contributed by atoms with Gasteiger partial charge in [-0.05, 0) is 54.7 Å². The second-order valence-corrected chi connectivity index (χ2v) is 9.05. The number of anilines is 1. The van der Waals surface area contributed by atoms with Crippen molar-refractivity contribution in [2.75, 3.05) is 39.5 Å². The van der Waals surface area contributed by atoms with Gasteiger partial charge >= 0.3 is 6.03 Å². The molecule has 3 aromatic rings. The molecule has 0 spiro atoms. The number of nitrogens with one attached hydrogen (secondary N) is 1. The van der Waals surface area contributed by atoms with E-state index in [0.717, 1.165) is 11.1 Å². The zero-order valence-electron chi connectivity index (χ0n) is 19.5. The fourth-order valence-electron chi connectivity index (χ4n) is 3.33. The van der Waals surface area contributed by atoms with Crippen LogP contribution in [0.3, 0.4) is 0 Å². The minimum atomic E-state index is -0.274. The number of pyridine rings is 1. The summed E-state index contributed by atoms with van der Waals surface area (Å²) >= 11 is 1.46. The van der Waals surface area contributed by atoms with Crippen molar-refractivity contribution in [3.8, 4) is 0 Å². The zero-order valence-corrected chi connectivity index (χ0v) is 20.3. The van der Waals surface area contributed by atoms with Crippen LogP contribution in [-0.4, -0.2) is 60.3 Å². The van der Waals surface area contributed by atoms with Crippen molar-refractivity contribution in [2.24, 2.45) is 0 Å². The van der Waals surface area contributed by atoms with Gasteiger partial charge in [-0.25, -0.2) is 9.18 Å². The van der Waals surface area contributed by atoms with Gasteiger partial charge in [0.15, 0.2) is 5.78 Å². The van der Waals surface area contributed by atoms with Crippen molar-refractivity contribution in [1.29, 1.82) is 0 Å². The van der Waals surface area contributed by atoms with E-state index < -0.39 is 0 Å². The Bertz CT molecular complexity index is 1100. The number of Topliss-reactive ketones (excluding diaryl/α,β-unsaturated/α-hetero) is 1. The zero-order chi connectivity index (χ0) is 24.5. The van der Waals surface area contributed by atoms with Crippen LogP contribution >= 0.6 is 11.3 Å². The number of likely N-dealkylation sites (N-methyl/N-ethyl adjacent to an activating group) is 1. The highest BCUT2D eigenvalue weighted by Gasteiger charge is 2.16. The first-order chi connectivity index (χ1) is 16.3. The van der Waals surface area contributed by atoms with Gasteiger partial charge < -0.3 is 20.9 Å². The molecule has 34 heavy (non-hydrogen) atoms. The summed E-state index contributed by atoms with van der Waals surface area (Å²) in [7, 11) is 3.88. The van der Waals surface area contributed by atoms with E-state index in [1.807, 2.05) is 35.8 Å². The van der Waals surface area contributed by atoms with Crippen molar-refractivity contribution < 1.29 is 14.0 Å². The van der Waals surface area contributed by atoms with Gasteiger partial charge in [0.1, 0.15) is 11.5 Å². The molecule has 9 heteroatoms. The molecule has 0 aliphatic carbocycles. The summed E-state index contributed by atoms with van der Waals surface area (Å²) in [5.41, 5.74) is 9.04. The van der Waals surface area contributed by atoms with Gasteiger partial charge in [0.2, 0.25) is 0 Å². The molecule has 0 unspecified atom stereocenters. The Kier molecular flexibility index (Phi) is 9.12. The van der Waals surface area contributed by atoms with Crippen molar-refractivity contribution in [1.82, 2.24) is 20.1 Å². The smallest absolute Gasteiger partial charge is 0.317 e. The molecule has 2 heterocycles. The molecule has 7 nitrogen and oxygen atoms in total. The minimum Gasteiger partial charge on any atom is -0.398 e. The van der Waals surface area contributed by atoms with Gasteiger partial charge in [0.05, 0.1) is 0 Å². The SMILES string of the molecule is CN(C)CCN(Cc1ccc(C(=O)Cc2cscc2N)nc1)C(=O)NCCc1ccccc1F. The summed E-state index contributed by atoms with van der Waals surface area (Å²) in [5, 5.41) is 6.56. The van der Waals surface area contributed by atoms with Crippen LogP contribution in [-0.2, 0) is 19.4 Å². The van der Waals surface area contributed by atoms with E-state index in [2.05, 4.69) is 10.3 Å². The number of carbonyl (C=O) groups excluding carboxylic acids is 2. The van der Waals surface area contributed by atoms with Crippen LogP contribution in [0.15, 0.2) is 53.4 Å². The van der Waals surface area contributed by atoms with E-state index in [9.17, 15) is 14.0 Å². The molecule has 180 valence electrons. The lowest BCUT2D eigenvalue weighted by atomic mass is 10.1. The van der Waals surface area contributed by atoms with Gasteiger partial charge in [-0.3, -0.25) is 9.78 Å². The number of rotatable bonds is 11. The monoisotopic (exact) mass is 483 g/mol. The standard InChI is InChI=1S/C25H30FN5O2S/c1-30(2)11-12-31(25(33)28-10-9-19-5-3-4-6-21(19)26)15-18-7-8-23(29-14-18)24(32)13-20-16-34-17-22(20)27/h3-8,14,16-17H,9-13,15,27H2,1-2H3,(H,28,33). The minimum absolute atomic E-state index is 0.105. The van der Waals surface area contributed by atoms with Gasteiger partial charge in [-0.15, -0.1) is 11.3 Å². The Morgan fingerprint density at radius 2 is 1.88 bits per heavy atom. The van der Waals surface area contributed by atoms with Gasteiger partial charge in [0, 0.05) is 49.9 Å². The first-order valence-electron chi connectivity index (χ1n) is 11.0. The van der Waals surface area contributed by atoms with Crippen LogP contribution in [0.5, 0.6) is 0 Å². The van der Waals surface area contributed by atoms with Gasteiger partial charge in [0.25, 0.3) is 0 Å². The van der Waals surface area contributed by atoms with Crippen molar-refractivity contribution in [3.63, 3.8) is 0 Å². The number of nitrogens with zero attached hydrogens (tertiary/aromatic N) is 3. The molecular weight excluding hydrogens is 453 g/mol. The van der Waals surface area contributed by atoms with Gasteiger partial charge in [-0.2, -0.15) is 0 Å². The molecule has 0 fully saturated rings. The van der Waals surface area contributed by atoms with Crippen LogP contribution < -0.4 is 11.1 Å². The first-order valence-corrected chi connectivity index (χ1v) is 12.0.